The van der Waals surface area contributed by atoms with E-state index in [1.165, 1.54) is 0 Å². The third kappa shape index (κ3) is 3.76. The van der Waals surface area contributed by atoms with E-state index in [1.54, 1.807) is 16.0 Å². The van der Waals surface area contributed by atoms with Crippen molar-refractivity contribution in [1.82, 2.24) is 25.0 Å². The predicted octanol–water partition coefficient (Wildman–Crippen LogP) is 3.24. The van der Waals surface area contributed by atoms with E-state index >= 15 is 0 Å². The van der Waals surface area contributed by atoms with Crippen molar-refractivity contribution in [2.75, 3.05) is 13.1 Å². The van der Waals surface area contributed by atoms with Gasteiger partial charge in [-0.25, -0.2) is 9.67 Å². The van der Waals surface area contributed by atoms with Gasteiger partial charge in [-0.05, 0) is 37.4 Å². The van der Waals surface area contributed by atoms with Gasteiger partial charge < -0.3 is 10.2 Å². The molecule has 27 heavy (non-hydrogen) atoms. The summed E-state index contributed by atoms with van der Waals surface area (Å²) in [5, 5.41) is 9.97. The Balaban J connectivity index is 0.00000210. The van der Waals surface area contributed by atoms with Crippen LogP contribution in [-0.2, 0) is 0 Å². The van der Waals surface area contributed by atoms with Crippen LogP contribution in [0.3, 0.4) is 0 Å². The molecule has 1 aromatic carbocycles. The van der Waals surface area contributed by atoms with Gasteiger partial charge in [0.25, 0.3) is 5.91 Å². The van der Waals surface area contributed by atoms with Crippen LogP contribution in [0.4, 0.5) is 0 Å². The van der Waals surface area contributed by atoms with Gasteiger partial charge in [0.15, 0.2) is 5.82 Å². The number of rotatable bonds is 3. The van der Waals surface area contributed by atoms with Crippen LogP contribution in [0.5, 0.6) is 0 Å². The van der Waals surface area contributed by atoms with E-state index in [9.17, 15) is 4.79 Å². The highest BCUT2D eigenvalue weighted by Crippen LogP contribution is 2.26. The number of para-hydroxylation sites is 1. The van der Waals surface area contributed by atoms with Gasteiger partial charge >= 0.3 is 0 Å². The van der Waals surface area contributed by atoms with E-state index in [4.69, 9.17) is 0 Å². The SMILES string of the molecule is CC1NCCN(C(=O)c2nc(-c3cccs3)n(-c3ccccc3)n2)C1C.Cl. The molecule has 8 heteroatoms. The molecule has 1 aliphatic rings. The highest BCUT2D eigenvalue weighted by Gasteiger charge is 2.31. The number of aromatic nitrogens is 3. The largest absolute Gasteiger partial charge is 0.330 e. The summed E-state index contributed by atoms with van der Waals surface area (Å²) in [6.45, 7) is 5.60. The van der Waals surface area contributed by atoms with Crippen molar-refractivity contribution in [3.05, 3.63) is 53.7 Å². The lowest BCUT2D eigenvalue weighted by Gasteiger charge is -2.37. The summed E-state index contributed by atoms with van der Waals surface area (Å²) in [7, 11) is 0. The number of amides is 1. The fourth-order valence-corrected chi connectivity index (χ4v) is 3.89. The number of halogens is 1. The average molecular weight is 404 g/mol. The molecule has 0 saturated carbocycles. The van der Waals surface area contributed by atoms with E-state index in [2.05, 4.69) is 29.2 Å². The maximum absolute atomic E-state index is 13.1. The number of benzene rings is 1. The van der Waals surface area contributed by atoms with Gasteiger partial charge in [-0.3, -0.25) is 4.79 Å². The van der Waals surface area contributed by atoms with Gasteiger partial charge in [0, 0.05) is 25.2 Å². The van der Waals surface area contributed by atoms with Crippen molar-refractivity contribution in [3.63, 3.8) is 0 Å². The van der Waals surface area contributed by atoms with Crippen LogP contribution in [0.25, 0.3) is 16.4 Å². The molecule has 1 N–H and O–H groups in total. The number of nitrogens with one attached hydrogen (secondary N) is 1. The number of carbonyl (C=O) groups is 1. The van der Waals surface area contributed by atoms with Crippen molar-refractivity contribution in [3.8, 4) is 16.4 Å². The topological polar surface area (TPSA) is 63.1 Å². The van der Waals surface area contributed by atoms with Gasteiger partial charge in [-0.1, -0.05) is 24.3 Å². The normalized spacial score (nSPS) is 19.6. The Hall–Kier alpha value is -2.22. The molecule has 0 aliphatic carbocycles. The molecule has 2 atom stereocenters. The average Bonchev–Trinajstić information content (AvgIpc) is 3.33. The van der Waals surface area contributed by atoms with Crippen LogP contribution < -0.4 is 5.32 Å². The number of hydrogen-bond donors (Lipinski definition) is 1. The fraction of sp³-hybridized carbons (Fsp3) is 0.316. The molecular weight excluding hydrogens is 382 g/mol. The maximum atomic E-state index is 13.1. The number of nitrogens with zero attached hydrogens (tertiary/aromatic N) is 4. The molecule has 6 nitrogen and oxygen atoms in total. The number of carbonyl (C=O) groups excluding carboxylic acids is 1. The summed E-state index contributed by atoms with van der Waals surface area (Å²) in [6.07, 6.45) is 0. The molecule has 3 heterocycles. The first kappa shape index (κ1) is 19.5. The van der Waals surface area contributed by atoms with Gasteiger partial charge in [0.2, 0.25) is 5.82 Å². The summed E-state index contributed by atoms with van der Waals surface area (Å²) < 4.78 is 1.76. The smallest absolute Gasteiger partial charge is 0.293 e. The molecule has 142 valence electrons. The van der Waals surface area contributed by atoms with Gasteiger partial charge in [-0.15, -0.1) is 28.8 Å². The van der Waals surface area contributed by atoms with Gasteiger partial charge in [0.1, 0.15) is 0 Å². The quantitative estimate of drug-likeness (QED) is 0.729. The van der Waals surface area contributed by atoms with E-state index < -0.39 is 0 Å². The van der Waals surface area contributed by atoms with Crippen molar-refractivity contribution in [1.29, 1.82) is 0 Å². The Kier molecular flexibility index (Phi) is 5.94. The Bertz CT molecular complexity index is 896. The minimum absolute atomic E-state index is 0. The molecule has 1 fully saturated rings. The highest BCUT2D eigenvalue weighted by atomic mass is 35.5. The molecule has 2 unspecified atom stereocenters. The van der Waals surface area contributed by atoms with Crippen LogP contribution >= 0.6 is 23.7 Å². The Morgan fingerprint density at radius 2 is 1.96 bits per heavy atom. The molecule has 1 saturated heterocycles. The van der Waals surface area contributed by atoms with Crippen molar-refractivity contribution >= 4 is 29.7 Å². The number of thiophene rings is 1. The number of hydrogen-bond acceptors (Lipinski definition) is 5. The molecular formula is C19H22ClN5OS. The minimum Gasteiger partial charge on any atom is -0.330 e. The molecule has 1 amide bonds. The second-order valence-corrected chi connectivity index (χ2v) is 7.41. The van der Waals surface area contributed by atoms with Gasteiger partial charge in [-0.2, -0.15) is 0 Å². The standard InChI is InChI=1S/C19H21N5OS.ClH/c1-13-14(2)23(11-10-20-13)19(25)17-21-18(16-9-6-12-26-16)24(22-17)15-7-4-3-5-8-15;/h3-9,12-14,20H,10-11H2,1-2H3;1H. The first-order chi connectivity index (χ1) is 12.6. The zero-order chi connectivity index (χ0) is 18.1. The fourth-order valence-electron chi connectivity index (χ4n) is 3.19. The molecule has 2 aromatic heterocycles. The zero-order valence-corrected chi connectivity index (χ0v) is 16.8. The third-order valence-electron chi connectivity index (χ3n) is 4.84. The molecule has 3 aromatic rings. The third-order valence-corrected chi connectivity index (χ3v) is 5.70. The van der Waals surface area contributed by atoms with E-state index in [1.807, 2.05) is 52.7 Å². The van der Waals surface area contributed by atoms with Gasteiger partial charge in [0.05, 0.1) is 10.6 Å². The summed E-state index contributed by atoms with van der Waals surface area (Å²) in [5.41, 5.74) is 0.893. The van der Waals surface area contributed by atoms with E-state index in [0.29, 0.717) is 12.4 Å². The first-order valence-corrected chi connectivity index (χ1v) is 9.64. The monoisotopic (exact) mass is 403 g/mol. The second-order valence-electron chi connectivity index (χ2n) is 6.47. The minimum atomic E-state index is -0.113. The zero-order valence-electron chi connectivity index (χ0n) is 15.2. The molecule has 1 aliphatic heterocycles. The first-order valence-electron chi connectivity index (χ1n) is 8.76. The molecule has 0 bridgehead atoms. The number of piperazine rings is 1. The van der Waals surface area contributed by atoms with Crippen molar-refractivity contribution < 1.29 is 4.79 Å². The lowest BCUT2D eigenvalue weighted by atomic mass is 10.1. The summed E-state index contributed by atoms with van der Waals surface area (Å²) >= 11 is 1.59. The van der Waals surface area contributed by atoms with Crippen LogP contribution in [0.1, 0.15) is 24.5 Å². The Morgan fingerprint density at radius 3 is 2.67 bits per heavy atom. The molecule has 0 radical (unpaired) electrons. The van der Waals surface area contributed by atoms with Crippen LogP contribution in [0, 0.1) is 0 Å². The van der Waals surface area contributed by atoms with Crippen molar-refractivity contribution in [2.45, 2.75) is 25.9 Å². The van der Waals surface area contributed by atoms with Crippen LogP contribution in [0.2, 0.25) is 0 Å². The second kappa shape index (κ2) is 8.21. The molecule has 4 rings (SSSR count). The van der Waals surface area contributed by atoms with Crippen molar-refractivity contribution in [2.24, 2.45) is 0 Å². The summed E-state index contributed by atoms with van der Waals surface area (Å²) in [4.78, 5) is 20.6. The van der Waals surface area contributed by atoms with Crippen LogP contribution in [0.15, 0.2) is 47.8 Å². The molecule has 0 spiro atoms. The highest BCUT2D eigenvalue weighted by molar-refractivity contribution is 7.13. The van der Waals surface area contributed by atoms with Crippen LogP contribution in [-0.4, -0.2) is 50.7 Å². The van der Waals surface area contributed by atoms with E-state index in [-0.39, 0.29) is 36.2 Å². The summed E-state index contributed by atoms with van der Waals surface area (Å²) in [6, 6.07) is 14.1. The predicted molar refractivity (Wildman–Crippen MR) is 110 cm³/mol. The lowest BCUT2D eigenvalue weighted by molar-refractivity contribution is 0.0590. The summed E-state index contributed by atoms with van der Waals surface area (Å²) in [5.74, 6) is 0.835. The Labute approximate surface area is 168 Å². The Morgan fingerprint density at radius 1 is 1.19 bits per heavy atom. The van der Waals surface area contributed by atoms with E-state index in [0.717, 1.165) is 17.1 Å². The lowest BCUT2D eigenvalue weighted by Crippen LogP contribution is -2.57. The maximum Gasteiger partial charge on any atom is 0.293 e.